The third-order valence-corrected chi connectivity index (χ3v) is 7.75. The molecule has 192 valence electrons. The monoisotopic (exact) mass is 503 g/mol. The van der Waals surface area contributed by atoms with Crippen LogP contribution in [0.1, 0.15) is 42.9 Å². The molecule has 5 heterocycles. The van der Waals surface area contributed by atoms with Crippen LogP contribution in [0.5, 0.6) is 5.75 Å². The second kappa shape index (κ2) is 9.26. The lowest BCUT2D eigenvalue weighted by Crippen LogP contribution is -2.61. The maximum absolute atomic E-state index is 15.4. The van der Waals surface area contributed by atoms with E-state index in [0.29, 0.717) is 23.2 Å². The Kier molecular flexibility index (Phi) is 5.91. The first-order valence-corrected chi connectivity index (χ1v) is 12.7. The Balaban J connectivity index is 1.21. The Bertz CT molecular complexity index is 1360. The summed E-state index contributed by atoms with van der Waals surface area (Å²) >= 11 is 0. The lowest BCUT2D eigenvalue weighted by atomic mass is 9.87. The molecule has 0 bridgehead atoms. The number of benzene rings is 1. The van der Waals surface area contributed by atoms with Crippen molar-refractivity contribution in [3.05, 3.63) is 60.5 Å². The second-order valence-corrected chi connectivity index (χ2v) is 10.1. The standard InChI is InChI=1S/C27H30FN7O2/c1-4-23(36)35-13-20(14-35)34-7-5-17(6-8-34)18-9-21(28)26-22(10-18)32-27-24(16(2)37-26)25(29-15-30-27)19-11-31-33(3)12-19/h4,9-12,15-17,20H,1,5-8,13-14H2,2-3H3,(H,29,30,32)/t16-/m1/s1. The van der Waals surface area contributed by atoms with Crippen LogP contribution in [0.25, 0.3) is 11.3 Å². The Morgan fingerprint density at radius 2 is 2.03 bits per heavy atom. The van der Waals surface area contributed by atoms with Gasteiger partial charge in [-0.05, 0) is 62.5 Å². The highest BCUT2D eigenvalue weighted by Gasteiger charge is 2.36. The van der Waals surface area contributed by atoms with Gasteiger partial charge in [0.15, 0.2) is 11.6 Å². The number of carbonyl (C=O) groups excluding carboxylic acids is 1. The van der Waals surface area contributed by atoms with E-state index in [0.717, 1.165) is 55.7 Å². The van der Waals surface area contributed by atoms with Gasteiger partial charge < -0.3 is 15.0 Å². The second-order valence-electron chi connectivity index (χ2n) is 10.1. The highest BCUT2D eigenvalue weighted by molar-refractivity contribution is 5.87. The van der Waals surface area contributed by atoms with Crippen LogP contribution >= 0.6 is 0 Å². The van der Waals surface area contributed by atoms with E-state index in [1.165, 1.54) is 12.4 Å². The number of aryl methyl sites for hydroxylation is 1. The first-order chi connectivity index (χ1) is 17.9. The minimum absolute atomic E-state index is 0.00460. The van der Waals surface area contributed by atoms with Gasteiger partial charge in [0.25, 0.3) is 0 Å². The first kappa shape index (κ1) is 23.6. The molecular weight excluding hydrogens is 473 g/mol. The number of nitrogens with one attached hydrogen (secondary N) is 1. The molecule has 9 nitrogen and oxygen atoms in total. The summed E-state index contributed by atoms with van der Waals surface area (Å²) in [6.45, 7) is 8.81. The Labute approximate surface area is 215 Å². The fourth-order valence-electron chi connectivity index (χ4n) is 5.67. The van der Waals surface area contributed by atoms with Gasteiger partial charge in [-0.15, -0.1) is 0 Å². The maximum Gasteiger partial charge on any atom is 0.246 e. The average molecular weight is 504 g/mol. The number of anilines is 2. The van der Waals surface area contributed by atoms with Gasteiger partial charge in [-0.3, -0.25) is 14.4 Å². The molecule has 10 heteroatoms. The molecule has 1 aromatic carbocycles. The third kappa shape index (κ3) is 4.25. The van der Waals surface area contributed by atoms with Gasteiger partial charge in [0.1, 0.15) is 18.2 Å². The van der Waals surface area contributed by atoms with E-state index in [4.69, 9.17) is 4.74 Å². The first-order valence-electron chi connectivity index (χ1n) is 12.7. The summed E-state index contributed by atoms with van der Waals surface area (Å²) in [5.74, 6) is 0.672. The molecule has 0 saturated carbocycles. The van der Waals surface area contributed by atoms with Gasteiger partial charge in [0.05, 0.1) is 23.1 Å². The lowest BCUT2D eigenvalue weighted by molar-refractivity contribution is -0.133. The van der Waals surface area contributed by atoms with Crippen molar-refractivity contribution in [3.8, 4) is 17.0 Å². The van der Waals surface area contributed by atoms with Crippen molar-refractivity contribution in [2.24, 2.45) is 7.05 Å². The van der Waals surface area contributed by atoms with Crippen LogP contribution < -0.4 is 10.1 Å². The van der Waals surface area contributed by atoms with Crippen molar-refractivity contribution >= 4 is 17.4 Å². The fourth-order valence-corrected chi connectivity index (χ4v) is 5.67. The number of nitrogens with zero attached hydrogens (tertiary/aromatic N) is 6. The Morgan fingerprint density at radius 3 is 2.73 bits per heavy atom. The van der Waals surface area contributed by atoms with Crippen LogP contribution in [-0.4, -0.2) is 67.7 Å². The van der Waals surface area contributed by atoms with Crippen LogP contribution in [0.3, 0.4) is 0 Å². The van der Waals surface area contributed by atoms with Gasteiger partial charge in [-0.2, -0.15) is 5.10 Å². The number of likely N-dealkylation sites (tertiary alicyclic amines) is 2. The zero-order valence-electron chi connectivity index (χ0n) is 21.0. The molecule has 0 unspecified atom stereocenters. The number of carbonyl (C=O) groups is 1. The molecule has 1 amide bonds. The van der Waals surface area contributed by atoms with E-state index in [1.54, 1.807) is 16.9 Å². The fraction of sp³-hybridized carbons (Fsp3) is 0.407. The number of amides is 1. The molecule has 37 heavy (non-hydrogen) atoms. The minimum Gasteiger partial charge on any atom is -0.481 e. The number of hydrogen-bond acceptors (Lipinski definition) is 7. The van der Waals surface area contributed by atoms with Gasteiger partial charge in [-0.25, -0.2) is 14.4 Å². The zero-order valence-corrected chi connectivity index (χ0v) is 21.0. The van der Waals surface area contributed by atoms with Crippen molar-refractivity contribution < 1.29 is 13.9 Å². The maximum atomic E-state index is 15.4. The van der Waals surface area contributed by atoms with Crippen molar-refractivity contribution in [2.45, 2.75) is 37.8 Å². The van der Waals surface area contributed by atoms with Crippen molar-refractivity contribution in [1.29, 1.82) is 0 Å². The van der Waals surface area contributed by atoms with Crippen molar-refractivity contribution in [3.63, 3.8) is 0 Å². The molecular formula is C27H30FN7O2. The largest absolute Gasteiger partial charge is 0.481 e. The normalized spacial score (nSPS) is 20.2. The minimum atomic E-state index is -0.459. The molecule has 1 atom stereocenters. The van der Waals surface area contributed by atoms with Gasteiger partial charge >= 0.3 is 0 Å². The van der Waals surface area contributed by atoms with E-state index in [-0.39, 0.29) is 23.4 Å². The number of hydrogen-bond donors (Lipinski definition) is 1. The van der Waals surface area contributed by atoms with E-state index < -0.39 is 6.10 Å². The Morgan fingerprint density at radius 1 is 1.24 bits per heavy atom. The number of ether oxygens (including phenoxy) is 1. The summed E-state index contributed by atoms with van der Waals surface area (Å²) in [4.78, 5) is 25.0. The van der Waals surface area contributed by atoms with Crippen LogP contribution in [0.4, 0.5) is 15.9 Å². The number of halogens is 1. The van der Waals surface area contributed by atoms with Crippen LogP contribution in [0.15, 0.2) is 43.5 Å². The van der Waals surface area contributed by atoms with E-state index in [9.17, 15) is 4.79 Å². The quantitative estimate of drug-likeness (QED) is 0.542. The highest BCUT2D eigenvalue weighted by Crippen LogP contribution is 2.44. The number of piperidine rings is 1. The molecule has 1 N–H and O–H groups in total. The molecule has 3 aromatic rings. The molecule has 0 aliphatic carbocycles. The molecule has 2 saturated heterocycles. The predicted octanol–water partition coefficient (Wildman–Crippen LogP) is 3.79. The lowest BCUT2D eigenvalue weighted by Gasteiger charge is -2.47. The molecule has 2 aromatic heterocycles. The summed E-state index contributed by atoms with van der Waals surface area (Å²) < 4.78 is 23.3. The van der Waals surface area contributed by atoms with Crippen molar-refractivity contribution in [1.82, 2.24) is 29.5 Å². The zero-order chi connectivity index (χ0) is 25.7. The topological polar surface area (TPSA) is 88.4 Å². The summed E-state index contributed by atoms with van der Waals surface area (Å²) in [6, 6.07) is 4.01. The number of fused-ring (bicyclic) bond motifs is 2. The molecule has 2 fully saturated rings. The van der Waals surface area contributed by atoms with Gasteiger partial charge in [0, 0.05) is 37.9 Å². The molecule has 3 aliphatic rings. The van der Waals surface area contributed by atoms with Crippen LogP contribution in [0.2, 0.25) is 0 Å². The smallest absolute Gasteiger partial charge is 0.246 e. The Hall–Kier alpha value is -3.79. The van der Waals surface area contributed by atoms with E-state index >= 15 is 4.39 Å². The van der Waals surface area contributed by atoms with Gasteiger partial charge in [-0.1, -0.05) is 6.58 Å². The highest BCUT2D eigenvalue weighted by atomic mass is 19.1. The number of aromatic nitrogens is 4. The van der Waals surface area contributed by atoms with Gasteiger partial charge in [0.2, 0.25) is 5.91 Å². The summed E-state index contributed by atoms with van der Waals surface area (Å²) in [7, 11) is 1.85. The summed E-state index contributed by atoms with van der Waals surface area (Å²) in [6.07, 6.45) is 7.92. The number of rotatable bonds is 4. The van der Waals surface area contributed by atoms with Crippen molar-refractivity contribution in [2.75, 3.05) is 31.5 Å². The predicted molar refractivity (Wildman–Crippen MR) is 137 cm³/mol. The summed E-state index contributed by atoms with van der Waals surface area (Å²) in [5.41, 5.74) is 3.87. The molecule has 6 rings (SSSR count). The van der Waals surface area contributed by atoms with E-state index in [2.05, 4.69) is 31.9 Å². The molecule has 0 spiro atoms. The molecule has 0 radical (unpaired) electrons. The third-order valence-electron chi connectivity index (χ3n) is 7.75. The van der Waals surface area contributed by atoms with Crippen LogP contribution in [0, 0.1) is 5.82 Å². The molecule has 3 aliphatic heterocycles. The van der Waals surface area contributed by atoms with Crippen LogP contribution in [-0.2, 0) is 11.8 Å². The summed E-state index contributed by atoms with van der Waals surface area (Å²) in [5, 5.41) is 7.60. The SMILES string of the molecule is C=CC(=O)N1CC(N2CCC(c3cc(F)c4c(c3)Nc3ncnc(-c5cnn(C)c5)c3[C@@H](C)O4)CC2)C1. The van der Waals surface area contributed by atoms with E-state index in [1.807, 2.05) is 31.1 Å². The average Bonchev–Trinajstić information content (AvgIpc) is 3.24.